The van der Waals surface area contributed by atoms with Crippen LogP contribution < -0.4 is 0 Å². The number of hydrogen-bond donors (Lipinski definition) is 0. The van der Waals surface area contributed by atoms with E-state index in [0.717, 1.165) is 32.4 Å². The number of hydrogen-bond acceptors (Lipinski definition) is 3. The number of nitrogens with zero attached hydrogens (tertiary/aromatic N) is 4. The van der Waals surface area contributed by atoms with Gasteiger partial charge in [-0.15, -0.1) is 0 Å². The fourth-order valence-electron chi connectivity index (χ4n) is 1.34. The number of rotatable bonds is 6. The molecule has 0 aromatic carbocycles. The molecular formula is C11H18N4. The van der Waals surface area contributed by atoms with Gasteiger partial charge in [-0.05, 0) is 12.8 Å². The van der Waals surface area contributed by atoms with Gasteiger partial charge >= 0.3 is 0 Å². The third-order valence-corrected chi connectivity index (χ3v) is 2.06. The van der Waals surface area contributed by atoms with Crippen LogP contribution in [0.2, 0.25) is 0 Å². The van der Waals surface area contributed by atoms with Crippen LogP contribution in [-0.2, 0) is 0 Å². The van der Waals surface area contributed by atoms with Crippen LogP contribution in [0.1, 0.15) is 39.5 Å². The summed E-state index contributed by atoms with van der Waals surface area (Å²) in [5, 5.41) is 17.2. The lowest BCUT2D eigenvalue weighted by Gasteiger charge is -2.23. The van der Waals surface area contributed by atoms with Crippen LogP contribution in [0.15, 0.2) is 4.99 Å². The number of amidine groups is 1. The maximum Gasteiger partial charge on any atom is 0.207 e. The molecule has 0 aliphatic carbocycles. The molecule has 82 valence electrons. The number of unbranched alkanes of at least 4 members (excludes halogenated alkanes) is 1. The van der Waals surface area contributed by atoms with Crippen LogP contribution in [0.5, 0.6) is 0 Å². The molecule has 0 aliphatic heterocycles. The predicted octanol–water partition coefficient (Wildman–Crippen LogP) is 2.29. The predicted molar refractivity (Wildman–Crippen MR) is 60.1 cm³/mol. The van der Waals surface area contributed by atoms with E-state index < -0.39 is 0 Å². The molecule has 0 aliphatic rings. The van der Waals surface area contributed by atoms with Crippen molar-refractivity contribution in [1.29, 1.82) is 10.5 Å². The second-order valence-corrected chi connectivity index (χ2v) is 3.30. The highest BCUT2D eigenvalue weighted by Gasteiger charge is 2.09. The lowest BCUT2D eigenvalue weighted by Crippen LogP contribution is -2.32. The van der Waals surface area contributed by atoms with Gasteiger partial charge in [-0.3, -0.25) is 0 Å². The molecule has 0 aromatic rings. The summed E-state index contributed by atoms with van der Waals surface area (Å²) in [6, 6.07) is 2.04. The van der Waals surface area contributed by atoms with E-state index in [0.29, 0.717) is 5.84 Å². The maximum absolute atomic E-state index is 8.64. The molecule has 0 fully saturated rings. The van der Waals surface area contributed by atoms with Crippen molar-refractivity contribution >= 4 is 5.84 Å². The molecule has 4 heteroatoms. The Labute approximate surface area is 91.8 Å². The van der Waals surface area contributed by atoms with Crippen molar-refractivity contribution in [2.24, 2.45) is 4.99 Å². The van der Waals surface area contributed by atoms with Crippen molar-refractivity contribution < 1.29 is 0 Å². The first-order valence-corrected chi connectivity index (χ1v) is 5.37. The molecule has 0 N–H and O–H groups in total. The van der Waals surface area contributed by atoms with Crippen molar-refractivity contribution in [3.05, 3.63) is 0 Å². The van der Waals surface area contributed by atoms with Crippen molar-refractivity contribution in [2.45, 2.75) is 39.5 Å². The Bertz CT molecular complexity index is 269. The molecule has 4 nitrogen and oxygen atoms in total. The van der Waals surface area contributed by atoms with Gasteiger partial charge in [0.15, 0.2) is 0 Å². The Morgan fingerprint density at radius 1 is 1.20 bits per heavy atom. The van der Waals surface area contributed by atoms with Gasteiger partial charge in [0, 0.05) is 13.1 Å². The molecule has 0 bridgehead atoms. The first-order chi connectivity index (χ1) is 7.29. The average molecular weight is 206 g/mol. The van der Waals surface area contributed by atoms with E-state index in [1.807, 2.05) is 11.0 Å². The molecule has 0 rings (SSSR count). The molecule has 0 atom stereocenters. The van der Waals surface area contributed by atoms with Crippen molar-refractivity contribution in [2.75, 3.05) is 13.1 Å². The summed E-state index contributed by atoms with van der Waals surface area (Å²) in [5.41, 5.74) is 0. The van der Waals surface area contributed by atoms with Gasteiger partial charge in [-0.2, -0.15) is 15.5 Å². The van der Waals surface area contributed by atoms with Crippen molar-refractivity contribution in [3.8, 4) is 12.3 Å². The SMILES string of the molecule is CCCCN(CCC)C(CC#N)=NC#N. The molecule has 0 saturated heterocycles. The van der Waals surface area contributed by atoms with Crippen LogP contribution in [0.3, 0.4) is 0 Å². The quantitative estimate of drug-likeness (QED) is 0.380. The second-order valence-electron chi connectivity index (χ2n) is 3.30. The van der Waals surface area contributed by atoms with Gasteiger partial charge in [0.2, 0.25) is 6.19 Å². The summed E-state index contributed by atoms with van der Waals surface area (Å²) in [6.45, 7) is 5.94. The Balaban J connectivity index is 4.47. The zero-order valence-corrected chi connectivity index (χ0v) is 9.53. The van der Waals surface area contributed by atoms with Gasteiger partial charge in [0.25, 0.3) is 0 Å². The highest BCUT2D eigenvalue weighted by molar-refractivity contribution is 5.84. The fraction of sp³-hybridized carbons (Fsp3) is 0.727. The highest BCUT2D eigenvalue weighted by Crippen LogP contribution is 2.02. The monoisotopic (exact) mass is 206 g/mol. The van der Waals surface area contributed by atoms with Crippen LogP contribution in [0, 0.1) is 22.8 Å². The van der Waals surface area contributed by atoms with Gasteiger partial charge < -0.3 is 4.90 Å². The lowest BCUT2D eigenvalue weighted by atomic mass is 10.2. The standard InChI is InChI=1S/C11H18N4/c1-3-5-9-15(8-4-2)11(6-7-12)14-10-13/h3-6,8-9H2,1-2H3. The molecule has 0 spiro atoms. The minimum atomic E-state index is 0.220. The second kappa shape index (κ2) is 9.02. The van der Waals surface area contributed by atoms with Crippen LogP contribution in [-0.4, -0.2) is 23.8 Å². The summed E-state index contributed by atoms with van der Waals surface area (Å²) in [7, 11) is 0. The molecule has 0 radical (unpaired) electrons. The largest absolute Gasteiger partial charge is 0.358 e. The van der Waals surface area contributed by atoms with E-state index in [1.165, 1.54) is 0 Å². The lowest BCUT2D eigenvalue weighted by molar-refractivity contribution is 0.402. The topological polar surface area (TPSA) is 63.2 Å². The van der Waals surface area contributed by atoms with E-state index >= 15 is 0 Å². The molecule has 0 aromatic heterocycles. The Hall–Kier alpha value is -1.55. The minimum Gasteiger partial charge on any atom is -0.358 e. The first kappa shape index (κ1) is 13.4. The highest BCUT2D eigenvalue weighted by atomic mass is 15.2. The third-order valence-electron chi connectivity index (χ3n) is 2.06. The van der Waals surface area contributed by atoms with E-state index in [4.69, 9.17) is 10.5 Å². The molecular weight excluding hydrogens is 188 g/mol. The molecule has 0 saturated carbocycles. The van der Waals surface area contributed by atoms with Crippen LogP contribution >= 0.6 is 0 Å². The van der Waals surface area contributed by atoms with Gasteiger partial charge in [-0.25, -0.2) is 0 Å². The molecule has 0 unspecified atom stereocenters. The normalized spacial score (nSPS) is 10.5. The van der Waals surface area contributed by atoms with Crippen LogP contribution in [0.4, 0.5) is 0 Å². The number of nitriles is 2. The summed E-state index contributed by atoms with van der Waals surface area (Å²) < 4.78 is 0. The molecule has 0 heterocycles. The van der Waals surface area contributed by atoms with Crippen LogP contribution in [0.25, 0.3) is 0 Å². The first-order valence-electron chi connectivity index (χ1n) is 5.37. The zero-order valence-electron chi connectivity index (χ0n) is 9.53. The van der Waals surface area contributed by atoms with Crippen molar-refractivity contribution in [1.82, 2.24) is 4.90 Å². The molecule has 0 amide bonds. The van der Waals surface area contributed by atoms with Crippen molar-refractivity contribution in [3.63, 3.8) is 0 Å². The number of aliphatic imine (C=N–C) groups is 1. The Morgan fingerprint density at radius 3 is 2.40 bits per heavy atom. The minimum absolute atomic E-state index is 0.220. The summed E-state index contributed by atoms with van der Waals surface area (Å²) in [6.07, 6.45) is 5.15. The Kier molecular flexibility index (Phi) is 8.09. The maximum atomic E-state index is 8.64. The fourth-order valence-corrected chi connectivity index (χ4v) is 1.34. The van der Waals surface area contributed by atoms with E-state index in [1.54, 1.807) is 6.19 Å². The smallest absolute Gasteiger partial charge is 0.207 e. The third kappa shape index (κ3) is 5.70. The Morgan fingerprint density at radius 2 is 1.93 bits per heavy atom. The average Bonchev–Trinajstić information content (AvgIpc) is 2.24. The van der Waals surface area contributed by atoms with Gasteiger partial charge in [-0.1, -0.05) is 20.3 Å². The van der Waals surface area contributed by atoms with Gasteiger partial charge in [0.05, 0.1) is 12.5 Å². The van der Waals surface area contributed by atoms with E-state index in [9.17, 15) is 0 Å². The van der Waals surface area contributed by atoms with E-state index in [-0.39, 0.29) is 6.42 Å². The zero-order chi connectivity index (χ0) is 11.5. The summed E-state index contributed by atoms with van der Waals surface area (Å²) >= 11 is 0. The summed E-state index contributed by atoms with van der Waals surface area (Å²) in [4.78, 5) is 5.75. The van der Waals surface area contributed by atoms with E-state index in [2.05, 4.69) is 18.8 Å². The van der Waals surface area contributed by atoms with Gasteiger partial charge in [0.1, 0.15) is 5.84 Å². The summed E-state index contributed by atoms with van der Waals surface area (Å²) in [5.74, 6) is 0.607. The molecule has 15 heavy (non-hydrogen) atoms.